The Balaban J connectivity index is 1.21. The lowest BCUT2D eigenvalue weighted by atomic mass is 9.55. The molecular formula is C46H55NO2Si. The fourth-order valence-corrected chi connectivity index (χ4v) is 15.7. The normalized spacial score (nSPS) is 31.9. The van der Waals surface area contributed by atoms with Gasteiger partial charge < -0.3 is 9.16 Å². The SMILES string of the molecule is COc1ccc2c(c1)CC[C@@H]1[C@@H]2CC[C@]2(C)[C@H](O[Si](c3ccccc3)(c3ccccc3)C(C)(C)C)[C@H](N=C[C@]3(C)C[C@H]3c3ccccc3)C[C@@H]12. The van der Waals surface area contributed by atoms with Gasteiger partial charge in [0.25, 0.3) is 8.32 Å². The lowest BCUT2D eigenvalue weighted by molar-refractivity contribution is -0.0174. The summed E-state index contributed by atoms with van der Waals surface area (Å²) in [5.41, 5.74) is 4.65. The van der Waals surface area contributed by atoms with Gasteiger partial charge in [0.2, 0.25) is 0 Å². The lowest BCUT2D eigenvalue weighted by Crippen LogP contribution is -2.69. The predicted octanol–water partition coefficient (Wildman–Crippen LogP) is 9.74. The van der Waals surface area contributed by atoms with Crippen molar-refractivity contribution in [3.63, 3.8) is 0 Å². The first kappa shape index (κ1) is 33.7. The van der Waals surface area contributed by atoms with Gasteiger partial charge in [-0.05, 0) is 112 Å². The van der Waals surface area contributed by atoms with Gasteiger partial charge in [0, 0.05) is 11.6 Å². The number of aliphatic imine (C=N–C) groups is 1. The third kappa shape index (κ3) is 5.53. The molecule has 0 unspecified atom stereocenters. The van der Waals surface area contributed by atoms with Crippen LogP contribution in [0.5, 0.6) is 5.75 Å². The fraction of sp³-hybridized carbons (Fsp3) is 0.457. The van der Waals surface area contributed by atoms with Crippen LogP contribution in [0.25, 0.3) is 0 Å². The molecule has 3 fully saturated rings. The van der Waals surface area contributed by atoms with Gasteiger partial charge in [-0.3, -0.25) is 4.99 Å². The molecule has 0 amide bonds. The quantitative estimate of drug-likeness (QED) is 0.137. The van der Waals surface area contributed by atoms with Gasteiger partial charge in [0.05, 0.1) is 19.3 Å². The number of nitrogens with zero attached hydrogens (tertiary/aromatic N) is 1. The molecule has 0 spiro atoms. The minimum absolute atomic E-state index is 0.0451. The van der Waals surface area contributed by atoms with Crippen molar-refractivity contribution < 1.29 is 9.16 Å². The predicted molar refractivity (Wildman–Crippen MR) is 210 cm³/mol. The van der Waals surface area contributed by atoms with Gasteiger partial charge in [-0.1, -0.05) is 132 Å². The van der Waals surface area contributed by atoms with E-state index in [0.717, 1.165) is 18.6 Å². The van der Waals surface area contributed by atoms with E-state index in [4.69, 9.17) is 14.2 Å². The van der Waals surface area contributed by atoms with E-state index < -0.39 is 8.32 Å². The van der Waals surface area contributed by atoms with Gasteiger partial charge >= 0.3 is 0 Å². The van der Waals surface area contributed by atoms with Crippen molar-refractivity contribution >= 4 is 24.9 Å². The number of benzene rings is 4. The average molecular weight is 682 g/mol. The summed E-state index contributed by atoms with van der Waals surface area (Å²) in [5.74, 6) is 3.34. The fourth-order valence-electron chi connectivity index (χ4n) is 10.9. The summed E-state index contributed by atoms with van der Waals surface area (Å²) in [4.78, 5) is 5.70. The van der Waals surface area contributed by atoms with E-state index in [0.29, 0.717) is 23.7 Å². The van der Waals surface area contributed by atoms with Crippen molar-refractivity contribution in [2.75, 3.05) is 7.11 Å². The van der Waals surface area contributed by atoms with Crippen LogP contribution in [0.1, 0.15) is 95.2 Å². The summed E-state index contributed by atoms with van der Waals surface area (Å²) in [6.45, 7) is 12.3. The highest BCUT2D eigenvalue weighted by atomic mass is 28.4. The number of methoxy groups -OCH3 is 1. The zero-order valence-corrected chi connectivity index (χ0v) is 31.9. The van der Waals surface area contributed by atoms with Gasteiger partial charge in [0.15, 0.2) is 0 Å². The Labute approximate surface area is 301 Å². The second-order valence-corrected chi connectivity index (χ2v) is 21.7. The Hall–Kier alpha value is -3.47. The summed E-state index contributed by atoms with van der Waals surface area (Å²) in [7, 11) is -1.02. The highest BCUT2D eigenvalue weighted by molar-refractivity contribution is 6.99. The molecule has 3 saturated carbocycles. The topological polar surface area (TPSA) is 30.8 Å². The van der Waals surface area contributed by atoms with Crippen LogP contribution >= 0.6 is 0 Å². The molecule has 4 heteroatoms. The number of ether oxygens (including phenoxy) is 1. The highest BCUT2D eigenvalue weighted by Gasteiger charge is 2.63. The standard InChI is InChI=1S/C46H55NO2Si/c1-44(2,3)50(35-18-12-8-13-19-35,36-20-14-9-15-21-36)49-43-42(47-31-45(4)30-41(45)32-16-10-7-11-17-32)29-40-39-24-22-33-28-34(48-6)23-25-37(33)38(39)26-27-46(40,43)5/h7-21,23,25,28,31,38-43H,22,24,26-27,29-30H2,1-6H3/t38-,39-,40+,41+,42-,43-,45+,46+/m1/s1. The van der Waals surface area contributed by atoms with E-state index in [-0.39, 0.29) is 28.0 Å². The molecule has 4 aromatic rings. The van der Waals surface area contributed by atoms with Crippen LogP contribution < -0.4 is 15.1 Å². The van der Waals surface area contributed by atoms with Gasteiger partial charge in [-0.2, -0.15) is 0 Å². The van der Waals surface area contributed by atoms with Crippen LogP contribution in [0.2, 0.25) is 5.04 Å². The molecule has 260 valence electrons. The molecule has 0 radical (unpaired) electrons. The van der Waals surface area contributed by atoms with Crippen LogP contribution in [0.15, 0.2) is 114 Å². The van der Waals surface area contributed by atoms with Crippen LogP contribution in [0.4, 0.5) is 0 Å². The Morgan fingerprint density at radius 3 is 2.08 bits per heavy atom. The summed E-state index contributed by atoms with van der Waals surface area (Å²) in [6.07, 6.45) is 9.44. The second kappa shape index (κ2) is 12.6. The van der Waals surface area contributed by atoms with Gasteiger partial charge in [-0.15, -0.1) is 0 Å². The molecule has 50 heavy (non-hydrogen) atoms. The maximum atomic E-state index is 8.21. The molecule has 0 saturated heterocycles. The molecule has 0 aromatic heterocycles. The summed E-state index contributed by atoms with van der Waals surface area (Å²) in [6, 6.07) is 40.6. The molecule has 0 bridgehead atoms. The molecule has 8 atom stereocenters. The minimum atomic E-state index is -2.80. The lowest BCUT2D eigenvalue weighted by Gasteiger charge is -2.53. The van der Waals surface area contributed by atoms with Crippen molar-refractivity contribution in [2.45, 2.75) is 102 Å². The number of rotatable bonds is 8. The summed E-state index contributed by atoms with van der Waals surface area (Å²) in [5, 5.41) is 2.64. The highest BCUT2D eigenvalue weighted by Crippen LogP contribution is 2.64. The Morgan fingerprint density at radius 2 is 1.46 bits per heavy atom. The van der Waals surface area contributed by atoms with Crippen molar-refractivity contribution in [1.82, 2.24) is 0 Å². The summed E-state index contributed by atoms with van der Waals surface area (Å²) >= 11 is 0. The molecule has 3 nitrogen and oxygen atoms in total. The molecule has 4 aliphatic rings. The second-order valence-electron chi connectivity index (χ2n) is 17.5. The van der Waals surface area contributed by atoms with E-state index in [2.05, 4.69) is 150 Å². The van der Waals surface area contributed by atoms with Gasteiger partial charge in [-0.25, -0.2) is 0 Å². The van der Waals surface area contributed by atoms with Gasteiger partial charge in [0.1, 0.15) is 5.75 Å². The number of fused-ring (bicyclic) bond motifs is 5. The largest absolute Gasteiger partial charge is 0.497 e. The van der Waals surface area contributed by atoms with Crippen molar-refractivity contribution in [3.8, 4) is 5.75 Å². The first-order chi connectivity index (χ1) is 24.1. The van der Waals surface area contributed by atoms with E-state index >= 15 is 0 Å². The smallest absolute Gasteiger partial charge is 0.261 e. The average Bonchev–Trinajstić information content (AvgIpc) is 3.73. The molecule has 0 heterocycles. The van der Waals surface area contributed by atoms with Crippen LogP contribution in [-0.4, -0.2) is 33.8 Å². The Morgan fingerprint density at radius 1 is 0.820 bits per heavy atom. The maximum absolute atomic E-state index is 8.21. The first-order valence-corrected chi connectivity index (χ1v) is 21.0. The third-order valence-electron chi connectivity index (χ3n) is 13.6. The molecule has 0 aliphatic heterocycles. The van der Waals surface area contributed by atoms with E-state index in [1.54, 1.807) is 12.7 Å². The number of aryl methyl sites for hydroxylation is 1. The monoisotopic (exact) mass is 681 g/mol. The van der Waals surface area contributed by atoms with E-state index in [1.165, 1.54) is 47.2 Å². The minimum Gasteiger partial charge on any atom is -0.497 e. The van der Waals surface area contributed by atoms with E-state index in [9.17, 15) is 0 Å². The van der Waals surface area contributed by atoms with Crippen molar-refractivity contribution in [2.24, 2.45) is 27.7 Å². The molecular weight excluding hydrogens is 627 g/mol. The molecule has 4 aromatic carbocycles. The van der Waals surface area contributed by atoms with Crippen LogP contribution in [0, 0.1) is 22.7 Å². The van der Waals surface area contributed by atoms with Crippen molar-refractivity contribution in [1.29, 1.82) is 0 Å². The zero-order valence-electron chi connectivity index (χ0n) is 30.9. The van der Waals surface area contributed by atoms with Crippen LogP contribution in [-0.2, 0) is 10.8 Å². The maximum Gasteiger partial charge on any atom is 0.261 e. The molecule has 0 N–H and O–H groups in total. The zero-order chi connectivity index (χ0) is 34.7. The Bertz CT molecular complexity index is 1800. The third-order valence-corrected chi connectivity index (χ3v) is 18.6. The number of hydrogen-bond donors (Lipinski definition) is 0. The van der Waals surface area contributed by atoms with E-state index in [1.807, 2.05) is 0 Å². The first-order valence-electron chi connectivity index (χ1n) is 19.1. The molecule has 4 aliphatic carbocycles. The molecule has 8 rings (SSSR count). The Kier molecular flexibility index (Phi) is 8.50. The van der Waals surface area contributed by atoms with Crippen LogP contribution in [0.3, 0.4) is 0 Å². The number of hydrogen-bond acceptors (Lipinski definition) is 3. The van der Waals surface area contributed by atoms with Crippen molar-refractivity contribution in [3.05, 3.63) is 126 Å². The summed E-state index contributed by atoms with van der Waals surface area (Å²) < 4.78 is 13.8.